The molecule has 1 aliphatic heterocycles. The van der Waals surface area contributed by atoms with Crippen LogP contribution in [-0.4, -0.2) is 53.8 Å². The topological polar surface area (TPSA) is 82.1 Å². The van der Waals surface area contributed by atoms with Crippen LogP contribution in [0.4, 0.5) is 4.79 Å². The molecule has 1 atom stereocenters. The van der Waals surface area contributed by atoms with Crippen LogP contribution in [0, 0.1) is 0 Å². The summed E-state index contributed by atoms with van der Waals surface area (Å²) in [7, 11) is 0. The molecule has 1 saturated heterocycles. The van der Waals surface area contributed by atoms with Gasteiger partial charge in [-0.05, 0) is 78.6 Å². The van der Waals surface area contributed by atoms with Crippen LogP contribution in [-0.2, 0) is 23.8 Å². The van der Waals surface area contributed by atoms with Gasteiger partial charge in [-0.25, -0.2) is 9.59 Å². The standard InChI is InChI=1S/C36H67NO6/c1-6-8-10-12-15-19-25-31(26-20-16-13-11-9-7-2)42-33(38)28-21-17-14-18-24-30-41-34(39)32-27-22-23-29-37(32)35(40)43-36(3,4)5/h31-32H,6-30H2,1-5H3/t32-/m0/s1. The van der Waals surface area contributed by atoms with Crippen LogP contribution in [0.5, 0.6) is 0 Å². The van der Waals surface area contributed by atoms with Crippen LogP contribution >= 0.6 is 0 Å². The zero-order chi connectivity index (χ0) is 31.8. The second-order valence-corrected chi connectivity index (χ2v) is 13.6. The smallest absolute Gasteiger partial charge is 0.411 e. The third-order valence-corrected chi connectivity index (χ3v) is 8.23. The molecule has 7 nitrogen and oxygen atoms in total. The van der Waals surface area contributed by atoms with Crippen LogP contribution in [0.3, 0.4) is 0 Å². The van der Waals surface area contributed by atoms with Crippen molar-refractivity contribution in [3.05, 3.63) is 0 Å². The second kappa shape index (κ2) is 24.5. The van der Waals surface area contributed by atoms with E-state index >= 15 is 0 Å². The molecular formula is C36H67NO6. The van der Waals surface area contributed by atoms with E-state index in [-0.39, 0.29) is 18.0 Å². The molecule has 0 bridgehead atoms. The van der Waals surface area contributed by atoms with E-state index in [1.165, 1.54) is 69.1 Å². The number of carbonyl (C=O) groups excluding carboxylic acids is 3. The molecule has 1 aliphatic rings. The lowest BCUT2D eigenvalue weighted by atomic mass is 10.0. The minimum Gasteiger partial charge on any atom is -0.464 e. The van der Waals surface area contributed by atoms with Crippen LogP contribution in [0.1, 0.15) is 182 Å². The van der Waals surface area contributed by atoms with Gasteiger partial charge >= 0.3 is 18.0 Å². The summed E-state index contributed by atoms with van der Waals surface area (Å²) in [5.74, 6) is -0.373. The number of rotatable bonds is 24. The van der Waals surface area contributed by atoms with Crippen molar-refractivity contribution in [2.75, 3.05) is 13.2 Å². The Bertz CT molecular complexity index is 718. The fraction of sp³-hybridized carbons (Fsp3) is 0.917. The first kappa shape index (κ1) is 39.2. The van der Waals surface area contributed by atoms with E-state index < -0.39 is 17.7 Å². The molecule has 0 spiro atoms. The van der Waals surface area contributed by atoms with Crippen molar-refractivity contribution in [2.45, 2.75) is 200 Å². The molecule has 0 aliphatic carbocycles. The molecule has 0 saturated carbocycles. The van der Waals surface area contributed by atoms with Gasteiger partial charge in [-0.15, -0.1) is 0 Å². The van der Waals surface area contributed by atoms with Crippen molar-refractivity contribution >= 4 is 18.0 Å². The third-order valence-electron chi connectivity index (χ3n) is 8.23. The van der Waals surface area contributed by atoms with Crippen molar-refractivity contribution in [2.24, 2.45) is 0 Å². The van der Waals surface area contributed by atoms with Gasteiger partial charge in [-0.1, -0.05) is 97.3 Å². The molecular weight excluding hydrogens is 542 g/mol. The van der Waals surface area contributed by atoms with Crippen molar-refractivity contribution in [1.29, 1.82) is 0 Å². The van der Waals surface area contributed by atoms with Gasteiger partial charge in [0.1, 0.15) is 17.7 Å². The maximum atomic E-state index is 12.7. The highest BCUT2D eigenvalue weighted by atomic mass is 16.6. The number of hydrogen-bond donors (Lipinski definition) is 0. The van der Waals surface area contributed by atoms with E-state index in [2.05, 4.69) is 13.8 Å². The van der Waals surface area contributed by atoms with E-state index in [0.29, 0.717) is 26.0 Å². The fourth-order valence-electron chi connectivity index (χ4n) is 5.70. The van der Waals surface area contributed by atoms with Crippen LogP contribution < -0.4 is 0 Å². The van der Waals surface area contributed by atoms with E-state index in [1.807, 2.05) is 20.8 Å². The number of carbonyl (C=O) groups is 3. The van der Waals surface area contributed by atoms with Gasteiger partial charge in [-0.3, -0.25) is 9.69 Å². The molecule has 252 valence electrons. The number of esters is 2. The van der Waals surface area contributed by atoms with Gasteiger partial charge in [0.25, 0.3) is 0 Å². The lowest BCUT2D eigenvalue weighted by Crippen LogP contribution is -2.50. The Hall–Kier alpha value is -1.79. The SMILES string of the molecule is CCCCCCCCC(CCCCCCCC)OC(=O)CCCCCCCOC(=O)[C@@H]1CCCCN1C(=O)OC(C)(C)C. The summed E-state index contributed by atoms with van der Waals surface area (Å²) >= 11 is 0. The van der Waals surface area contributed by atoms with Crippen molar-refractivity contribution in [3.8, 4) is 0 Å². The predicted molar refractivity (Wildman–Crippen MR) is 175 cm³/mol. The van der Waals surface area contributed by atoms with Crippen LogP contribution in [0.15, 0.2) is 0 Å². The number of amides is 1. The van der Waals surface area contributed by atoms with E-state index in [0.717, 1.165) is 70.6 Å². The Morgan fingerprint density at radius 3 is 1.84 bits per heavy atom. The first-order valence-electron chi connectivity index (χ1n) is 18.0. The Balaban J connectivity index is 2.24. The first-order valence-corrected chi connectivity index (χ1v) is 18.0. The first-order chi connectivity index (χ1) is 20.7. The molecule has 0 aromatic carbocycles. The Labute approximate surface area is 264 Å². The molecule has 43 heavy (non-hydrogen) atoms. The molecule has 7 heteroatoms. The number of nitrogens with zero attached hydrogens (tertiary/aromatic N) is 1. The Morgan fingerprint density at radius 1 is 0.721 bits per heavy atom. The van der Waals surface area contributed by atoms with Gasteiger partial charge in [0.15, 0.2) is 0 Å². The molecule has 0 unspecified atom stereocenters. The number of ether oxygens (including phenoxy) is 3. The maximum Gasteiger partial charge on any atom is 0.411 e. The molecule has 0 radical (unpaired) electrons. The van der Waals surface area contributed by atoms with Gasteiger partial charge < -0.3 is 14.2 Å². The molecule has 0 aromatic rings. The normalized spacial score (nSPS) is 15.5. The summed E-state index contributed by atoms with van der Waals surface area (Å²) in [5, 5.41) is 0. The predicted octanol–water partition coefficient (Wildman–Crippen LogP) is 10.1. The molecule has 1 heterocycles. The Kier molecular flexibility index (Phi) is 22.4. The van der Waals surface area contributed by atoms with Crippen molar-refractivity contribution in [3.63, 3.8) is 0 Å². The highest BCUT2D eigenvalue weighted by Gasteiger charge is 2.35. The Morgan fingerprint density at radius 2 is 1.26 bits per heavy atom. The summed E-state index contributed by atoms with van der Waals surface area (Å²) in [6.45, 7) is 10.9. The quantitative estimate of drug-likeness (QED) is 0.0615. The van der Waals surface area contributed by atoms with Crippen molar-refractivity contribution in [1.82, 2.24) is 4.90 Å². The molecule has 1 amide bonds. The summed E-state index contributed by atoms with van der Waals surface area (Å²) in [5.41, 5.74) is -0.595. The van der Waals surface area contributed by atoms with E-state index in [4.69, 9.17) is 14.2 Å². The molecule has 1 fully saturated rings. The highest BCUT2D eigenvalue weighted by molar-refractivity contribution is 5.81. The lowest BCUT2D eigenvalue weighted by molar-refractivity contribution is -0.151. The number of piperidine rings is 1. The highest BCUT2D eigenvalue weighted by Crippen LogP contribution is 2.22. The van der Waals surface area contributed by atoms with Gasteiger partial charge in [0.2, 0.25) is 0 Å². The fourth-order valence-corrected chi connectivity index (χ4v) is 5.70. The maximum absolute atomic E-state index is 12.7. The zero-order valence-electron chi connectivity index (χ0n) is 28.7. The zero-order valence-corrected chi connectivity index (χ0v) is 28.7. The average Bonchev–Trinajstić information content (AvgIpc) is 2.96. The molecule has 1 rings (SSSR count). The molecule has 0 N–H and O–H groups in total. The lowest BCUT2D eigenvalue weighted by Gasteiger charge is -2.35. The van der Waals surface area contributed by atoms with Gasteiger partial charge in [0.05, 0.1) is 6.61 Å². The number of hydrogen-bond acceptors (Lipinski definition) is 6. The number of unbranched alkanes of at least 4 members (excludes halogenated alkanes) is 14. The third kappa shape index (κ3) is 20.7. The average molecular weight is 610 g/mol. The largest absolute Gasteiger partial charge is 0.464 e. The monoisotopic (exact) mass is 609 g/mol. The summed E-state index contributed by atoms with van der Waals surface area (Å²) < 4.78 is 17.0. The van der Waals surface area contributed by atoms with E-state index in [9.17, 15) is 14.4 Å². The minimum absolute atomic E-state index is 0.0436. The summed E-state index contributed by atoms with van der Waals surface area (Å²) in [6, 6.07) is -0.555. The van der Waals surface area contributed by atoms with Crippen LogP contribution in [0.25, 0.3) is 0 Å². The minimum atomic E-state index is -0.595. The molecule has 0 aromatic heterocycles. The van der Waals surface area contributed by atoms with Gasteiger partial charge in [0, 0.05) is 13.0 Å². The van der Waals surface area contributed by atoms with Crippen LogP contribution in [0.2, 0.25) is 0 Å². The second-order valence-electron chi connectivity index (χ2n) is 13.6. The van der Waals surface area contributed by atoms with Gasteiger partial charge in [-0.2, -0.15) is 0 Å². The number of likely N-dealkylation sites (tertiary alicyclic amines) is 1. The van der Waals surface area contributed by atoms with Crippen molar-refractivity contribution < 1.29 is 28.6 Å². The summed E-state index contributed by atoms with van der Waals surface area (Å²) in [4.78, 5) is 39.4. The van der Waals surface area contributed by atoms with E-state index in [1.54, 1.807) is 0 Å². The summed E-state index contributed by atoms with van der Waals surface area (Å²) in [6.07, 6.45) is 24.2.